The monoisotopic (exact) mass is 532 g/mol. The molecule has 0 bridgehead atoms. The van der Waals surface area contributed by atoms with Gasteiger partial charge in [0.05, 0.1) is 0 Å². The van der Waals surface area contributed by atoms with E-state index in [1.807, 2.05) is 0 Å². The molecule has 0 radical (unpaired) electrons. The van der Waals surface area contributed by atoms with Crippen LogP contribution in [0.25, 0.3) is 0 Å². The Hall–Kier alpha value is 1.77. The summed E-state index contributed by atoms with van der Waals surface area (Å²) in [6, 6.07) is 0. The normalized spacial score (nSPS) is 14.2. The molecule has 0 unspecified atom stereocenters. The van der Waals surface area contributed by atoms with Crippen molar-refractivity contribution < 1.29 is 14.3 Å². The first-order valence-electron chi connectivity index (χ1n) is 7.92. The maximum atomic E-state index is 9.50. The molecule has 0 spiro atoms. The van der Waals surface area contributed by atoms with Crippen LogP contribution in [0.1, 0.15) is 84.0 Å². The van der Waals surface area contributed by atoms with Crippen LogP contribution in [0.4, 0.5) is 0 Å². The molecule has 124 valence electrons. The number of unbranched alkanes of at least 4 members (excludes halogenated alkanes) is 11. The van der Waals surface area contributed by atoms with Crippen molar-refractivity contribution in [2.24, 2.45) is 0 Å². The van der Waals surface area contributed by atoms with Gasteiger partial charge in [-0.3, -0.25) is 0 Å². The van der Waals surface area contributed by atoms with Crippen LogP contribution in [0.3, 0.4) is 0 Å². The molecule has 0 saturated heterocycles. The summed E-state index contributed by atoms with van der Waals surface area (Å²) in [5.41, 5.74) is 0. The number of halogens is 2. The fraction of sp³-hybridized carbons (Fsp3) is 1.00. The Kier molecular flexibility index (Phi) is 13.3. The minimum atomic E-state index is -3.77. The Morgan fingerprint density at radius 1 is 0.700 bits per heavy atom. The Morgan fingerprint density at radius 3 is 1.40 bits per heavy atom. The van der Waals surface area contributed by atoms with Gasteiger partial charge in [-0.1, -0.05) is 19.8 Å². The third-order valence-corrected chi connectivity index (χ3v) is 5.58. The Balaban J connectivity index is 3.11. The van der Waals surface area contributed by atoms with Crippen molar-refractivity contribution in [1.29, 1.82) is 0 Å². The molecule has 20 heavy (non-hydrogen) atoms. The van der Waals surface area contributed by atoms with E-state index in [-0.39, 0.29) is 0 Å². The van der Waals surface area contributed by atoms with Crippen molar-refractivity contribution in [1.82, 2.24) is 0 Å². The van der Waals surface area contributed by atoms with Crippen LogP contribution < -0.4 is 0 Å². The molecule has 0 rings (SSSR count). The third kappa shape index (κ3) is 19.8. The van der Waals surface area contributed by atoms with E-state index >= 15 is 0 Å². The van der Waals surface area contributed by atoms with Gasteiger partial charge in [0.15, 0.2) is 0 Å². The molecule has 0 heterocycles. The predicted octanol–water partition coefficient (Wildman–Crippen LogP) is 6.69. The summed E-state index contributed by atoms with van der Waals surface area (Å²) in [7, 11) is 0. The average molecular weight is 532 g/mol. The summed E-state index contributed by atoms with van der Waals surface area (Å²) in [6.07, 6.45) is 15.6. The van der Waals surface area contributed by atoms with Gasteiger partial charge in [0.1, 0.15) is 0 Å². The van der Waals surface area contributed by atoms with E-state index in [4.69, 9.17) is 4.52 Å². The van der Waals surface area contributed by atoms with E-state index < -0.39 is 2.57 Å². The first-order chi connectivity index (χ1) is 9.31. The van der Waals surface area contributed by atoms with E-state index in [1.54, 1.807) is 44.1 Å². The Bertz CT molecular complexity index is 223. The first-order valence-corrected chi connectivity index (χ1v) is 15.5. The second-order valence-corrected chi connectivity index (χ2v) is 23.2. The maximum absolute atomic E-state index is 9.50. The van der Waals surface area contributed by atoms with E-state index in [0.717, 1.165) is 12.8 Å². The van der Waals surface area contributed by atoms with Gasteiger partial charge >= 0.3 is 132 Å². The summed E-state index contributed by atoms with van der Waals surface area (Å²) in [6.45, 7) is 2.71. The standard InChI is InChI=1S/C14H31I2O3P/c1-2-3-4-5-6-7-8-9-10-11-12-13-14-19-20(15,16,17)18/h17-18H,2-14H2,1H3. The van der Waals surface area contributed by atoms with Crippen molar-refractivity contribution in [2.75, 3.05) is 6.61 Å². The second-order valence-electron chi connectivity index (χ2n) is 5.48. The summed E-state index contributed by atoms with van der Waals surface area (Å²) in [5.74, 6) is 0. The minimum absolute atomic E-state index is 0.453. The van der Waals surface area contributed by atoms with Crippen molar-refractivity contribution in [2.45, 2.75) is 84.0 Å². The van der Waals surface area contributed by atoms with Crippen LogP contribution in [-0.2, 0) is 4.52 Å². The fourth-order valence-corrected chi connectivity index (χ4v) is 3.77. The Morgan fingerprint density at radius 2 is 1.05 bits per heavy atom. The molecular formula is C14H31I2O3P. The molecule has 3 nitrogen and oxygen atoms in total. The third-order valence-electron chi connectivity index (χ3n) is 3.30. The van der Waals surface area contributed by atoms with E-state index in [0.29, 0.717) is 6.61 Å². The summed E-state index contributed by atoms with van der Waals surface area (Å²) in [5, 5.41) is 0. The van der Waals surface area contributed by atoms with Crippen molar-refractivity contribution in [3.05, 3.63) is 0 Å². The van der Waals surface area contributed by atoms with Crippen LogP contribution in [0.15, 0.2) is 0 Å². The zero-order valence-corrected chi connectivity index (χ0v) is 17.9. The molecule has 0 aliphatic carbocycles. The van der Waals surface area contributed by atoms with Crippen molar-refractivity contribution in [3.8, 4) is 0 Å². The summed E-state index contributed by atoms with van der Waals surface area (Å²) >= 11 is 3.22. The first kappa shape index (κ1) is 21.8. The fourth-order valence-electron chi connectivity index (χ4n) is 2.16. The predicted molar refractivity (Wildman–Crippen MR) is 106 cm³/mol. The molecule has 0 aliphatic heterocycles. The van der Waals surface area contributed by atoms with Gasteiger partial charge in [0, 0.05) is 0 Å². The zero-order chi connectivity index (χ0) is 15.3. The molecule has 0 aromatic carbocycles. The molecular weight excluding hydrogens is 501 g/mol. The molecule has 0 fully saturated rings. The summed E-state index contributed by atoms with van der Waals surface area (Å²) < 4.78 is 1.35. The quantitative estimate of drug-likeness (QED) is 0.149. The molecule has 0 aliphatic rings. The number of hydrogen-bond acceptors (Lipinski definition) is 3. The Labute approximate surface area is 150 Å². The zero-order valence-electron chi connectivity index (χ0n) is 12.7. The van der Waals surface area contributed by atoms with Gasteiger partial charge in [-0.25, -0.2) is 0 Å². The molecule has 0 saturated carbocycles. The van der Waals surface area contributed by atoms with Crippen LogP contribution in [0, 0.1) is 0 Å². The number of hydrogen-bond donors (Lipinski definition) is 2. The summed E-state index contributed by atoms with van der Waals surface area (Å²) in [4.78, 5) is 19.0. The van der Waals surface area contributed by atoms with Crippen LogP contribution in [0.2, 0.25) is 0 Å². The molecule has 2 N–H and O–H groups in total. The van der Waals surface area contributed by atoms with Gasteiger partial charge < -0.3 is 0 Å². The molecule has 6 heteroatoms. The van der Waals surface area contributed by atoms with Crippen LogP contribution in [-0.4, -0.2) is 16.4 Å². The molecule has 0 aromatic rings. The molecule has 0 aromatic heterocycles. The average Bonchev–Trinajstić information content (AvgIpc) is 2.33. The van der Waals surface area contributed by atoms with Gasteiger partial charge in [0.2, 0.25) is 0 Å². The van der Waals surface area contributed by atoms with Gasteiger partial charge in [0.25, 0.3) is 0 Å². The second kappa shape index (κ2) is 12.2. The number of rotatable bonds is 14. The van der Waals surface area contributed by atoms with Crippen LogP contribution >= 0.6 is 46.7 Å². The van der Waals surface area contributed by atoms with Gasteiger partial charge in [-0.05, 0) is 0 Å². The van der Waals surface area contributed by atoms with E-state index in [2.05, 4.69) is 6.92 Å². The van der Waals surface area contributed by atoms with Crippen molar-refractivity contribution >= 4 is 46.7 Å². The van der Waals surface area contributed by atoms with E-state index in [1.165, 1.54) is 64.2 Å². The molecule has 0 atom stereocenters. The SMILES string of the molecule is CCCCCCCCCCCCCCOP(O)(O)(I)I. The van der Waals surface area contributed by atoms with E-state index in [9.17, 15) is 9.79 Å². The van der Waals surface area contributed by atoms with Gasteiger partial charge in [-0.2, -0.15) is 0 Å². The van der Waals surface area contributed by atoms with Crippen molar-refractivity contribution in [3.63, 3.8) is 0 Å². The van der Waals surface area contributed by atoms with Gasteiger partial charge in [-0.15, -0.1) is 0 Å². The van der Waals surface area contributed by atoms with Crippen LogP contribution in [0.5, 0.6) is 0 Å². The molecule has 0 amide bonds. The topological polar surface area (TPSA) is 49.7 Å².